The molecule has 0 aliphatic rings. The van der Waals surface area contributed by atoms with Crippen molar-refractivity contribution in [2.75, 3.05) is 5.32 Å². The van der Waals surface area contributed by atoms with Crippen LogP contribution in [-0.2, 0) is 7.05 Å². The van der Waals surface area contributed by atoms with Crippen LogP contribution in [0.1, 0.15) is 0 Å². The van der Waals surface area contributed by atoms with Crippen LogP contribution >= 0.6 is 12.2 Å². The largest absolute Gasteiger partial charge is 0.432 e. The van der Waals surface area contributed by atoms with Gasteiger partial charge in [0.25, 0.3) is 0 Å². The van der Waals surface area contributed by atoms with Gasteiger partial charge in [-0.3, -0.25) is 0 Å². The first-order valence-electron chi connectivity index (χ1n) is 4.76. The third kappa shape index (κ3) is 2.58. The number of anilines is 1. The molecule has 0 fully saturated rings. The fourth-order valence-corrected chi connectivity index (χ4v) is 1.39. The van der Waals surface area contributed by atoms with Crippen LogP contribution in [0.3, 0.4) is 0 Å². The molecule has 2 aromatic rings. The fraction of sp³-hybridized carbons (Fsp3) is 0.0909. The summed E-state index contributed by atoms with van der Waals surface area (Å²) in [5, 5.41) is 3.37. The summed E-state index contributed by atoms with van der Waals surface area (Å²) in [6.45, 7) is 0. The van der Waals surface area contributed by atoms with Gasteiger partial charge in [-0.1, -0.05) is 18.2 Å². The summed E-state index contributed by atoms with van der Waals surface area (Å²) >= 11 is 5.09. The molecule has 0 saturated carbocycles. The Bertz CT molecular complexity index is 542. The molecule has 0 bridgehead atoms. The summed E-state index contributed by atoms with van der Waals surface area (Å²) in [4.78, 5) is 4.13. The Hall–Kier alpha value is -1.88. The van der Waals surface area contributed by atoms with Crippen molar-refractivity contribution in [2.45, 2.75) is 0 Å². The third-order valence-corrected chi connectivity index (χ3v) is 2.18. The first-order valence-corrected chi connectivity index (χ1v) is 5.17. The predicted octanol–water partition coefficient (Wildman–Crippen LogP) is 1.92. The molecule has 0 atom stereocenters. The van der Waals surface area contributed by atoms with Gasteiger partial charge in [-0.05, 0) is 24.4 Å². The molecule has 0 spiro atoms. The van der Waals surface area contributed by atoms with Gasteiger partial charge < -0.3 is 14.3 Å². The maximum absolute atomic E-state index is 5.14. The van der Waals surface area contributed by atoms with Crippen LogP contribution < -0.4 is 11.0 Å². The van der Waals surface area contributed by atoms with Crippen LogP contribution in [0.25, 0.3) is 0 Å². The Morgan fingerprint density at radius 3 is 2.75 bits per heavy atom. The highest BCUT2D eigenvalue weighted by atomic mass is 32.1. The number of nitrogens with one attached hydrogen (secondary N) is 1. The molecule has 1 N–H and O–H groups in total. The zero-order valence-corrected chi connectivity index (χ0v) is 9.57. The van der Waals surface area contributed by atoms with Crippen LogP contribution in [0, 0.1) is 0 Å². The molecule has 0 radical (unpaired) electrons. The molecule has 16 heavy (non-hydrogen) atoms. The maximum Gasteiger partial charge on any atom is 0.303 e. The van der Waals surface area contributed by atoms with Crippen molar-refractivity contribution >= 4 is 23.0 Å². The summed E-state index contributed by atoms with van der Waals surface area (Å²) in [5.41, 5.74) is 1.37. The van der Waals surface area contributed by atoms with Gasteiger partial charge in [0.15, 0.2) is 0 Å². The summed E-state index contributed by atoms with van der Waals surface area (Å²) in [7, 11) is 1.84. The van der Waals surface area contributed by atoms with Gasteiger partial charge in [0, 0.05) is 18.9 Å². The number of aromatic nitrogens is 1. The first kappa shape index (κ1) is 10.6. The topological polar surface area (TPSA) is 42.5 Å². The highest BCUT2D eigenvalue weighted by molar-refractivity contribution is 7.80. The minimum Gasteiger partial charge on any atom is -0.432 e. The molecule has 82 valence electrons. The van der Waals surface area contributed by atoms with E-state index in [-0.39, 0.29) is 0 Å². The number of oxazole rings is 1. The predicted molar refractivity (Wildman–Crippen MR) is 65.9 cm³/mol. The van der Waals surface area contributed by atoms with E-state index in [2.05, 4.69) is 10.3 Å². The average Bonchev–Trinajstić information content (AvgIpc) is 2.66. The van der Waals surface area contributed by atoms with Crippen LogP contribution in [0.15, 0.2) is 52.2 Å². The van der Waals surface area contributed by atoms with E-state index in [4.69, 9.17) is 16.6 Å². The molecule has 1 aromatic heterocycles. The van der Waals surface area contributed by atoms with E-state index in [1.807, 2.05) is 37.4 Å². The smallest absolute Gasteiger partial charge is 0.303 e. The molecule has 0 amide bonds. The summed E-state index contributed by atoms with van der Waals surface area (Å²) in [6.07, 6.45) is 3.33. The molecule has 0 unspecified atom stereocenters. The Labute approximate surface area is 98.2 Å². The van der Waals surface area contributed by atoms with E-state index >= 15 is 0 Å². The fourth-order valence-electron chi connectivity index (χ4n) is 1.19. The molecule has 0 aliphatic heterocycles. The van der Waals surface area contributed by atoms with Crippen LogP contribution in [0.2, 0.25) is 0 Å². The van der Waals surface area contributed by atoms with Crippen molar-refractivity contribution in [3.63, 3.8) is 0 Å². The lowest BCUT2D eigenvalue weighted by Crippen LogP contribution is -2.17. The van der Waals surface area contributed by atoms with E-state index < -0.39 is 0 Å². The number of thiocarbonyl (C=S) groups is 1. The Morgan fingerprint density at radius 2 is 2.12 bits per heavy atom. The van der Waals surface area contributed by atoms with Crippen LogP contribution in [-0.4, -0.2) is 9.68 Å². The molecule has 2 rings (SSSR count). The third-order valence-electron chi connectivity index (χ3n) is 1.98. The summed E-state index contributed by atoms with van der Waals surface area (Å²) < 4.78 is 6.89. The SMILES string of the molecule is Cn1cco/c1=N/C(=S)Nc1ccccc1. The maximum atomic E-state index is 5.14. The number of nitrogens with zero attached hydrogens (tertiary/aromatic N) is 2. The van der Waals surface area contributed by atoms with Gasteiger partial charge in [0.1, 0.15) is 6.26 Å². The number of rotatable bonds is 1. The molecule has 0 aliphatic carbocycles. The number of para-hydroxylation sites is 1. The van der Waals surface area contributed by atoms with E-state index in [0.29, 0.717) is 10.8 Å². The number of hydrogen-bond donors (Lipinski definition) is 1. The summed E-state index contributed by atoms with van der Waals surface area (Å²) in [5.74, 6) is 0. The number of benzene rings is 1. The quantitative estimate of drug-likeness (QED) is 0.765. The minimum absolute atomic E-state index is 0.372. The Kier molecular flexibility index (Phi) is 3.16. The van der Waals surface area contributed by atoms with Crippen molar-refractivity contribution in [1.82, 2.24) is 4.57 Å². The van der Waals surface area contributed by atoms with E-state index in [9.17, 15) is 0 Å². The van der Waals surface area contributed by atoms with E-state index in [1.54, 1.807) is 17.0 Å². The van der Waals surface area contributed by atoms with Crippen molar-refractivity contribution in [3.8, 4) is 0 Å². The second kappa shape index (κ2) is 4.76. The van der Waals surface area contributed by atoms with Gasteiger partial charge in [-0.15, -0.1) is 0 Å². The lowest BCUT2D eigenvalue weighted by molar-refractivity contribution is 0.480. The zero-order chi connectivity index (χ0) is 11.4. The molecular weight excluding hydrogens is 222 g/mol. The second-order valence-electron chi connectivity index (χ2n) is 3.20. The molecule has 0 saturated heterocycles. The Balaban J connectivity index is 2.14. The monoisotopic (exact) mass is 233 g/mol. The molecule has 5 heteroatoms. The first-order chi connectivity index (χ1) is 7.75. The normalized spacial score (nSPS) is 11.4. The zero-order valence-electron chi connectivity index (χ0n) is 8.75. The van der Waals surface area contributed by atoms with E-state index in [1.165, 1.54) is 0 Å². The van der Waals surface area contributed by atoms with Gasteiger partial charge >= 0.3 is 5.68 Å². The van der Waals surface area contributed by atoms with Gasteiger partial charge in [0.2, 0.25) is 5.11 Å². The average molecular weight is 233 g/mol. The van der Waals surface area contributed by atoms with Gasteiger partial charge in [0.05, 0.1) is 0 Å². The lowest BCUT2D eigenvalue weighted by atomic mass is 10.3. The van der Waals surface area contributed by atoms with Crippen molar-refractivity contribution in [3.05, 3.63) is 48.5 Å². The number of hydrogen-bond acceptors (Lipinski definition) is 2. The summed E-state index contributed by atoms with van der Waals surface area (Å²) in [6, 6.07) is 9.64. The highest BCUT2D eigenvalue weighted by Gasteiger charge is 1.96. The van der Waals surface area contributed by atoms with Crippen molar-refractivity contribution in [1.29, 1.82) is 0 Å². The molecule has 1 aromatic carbocycles. The highest BCUT2D eigenvalue weighted by Crippen LogP contribution is 2.04. The Morgan fingerprint density at radius 1 is 1.38 bits per heavy atom. The molecule has 1 heterocycles. The van der Waals surface area contributed by atoms with Gasteiger partial charge in [-0.25, -0.2) is 0 Å². The van der Waals surface area contributed by atoms with Crippen molar-refractivity contribution in [2.24, 2.45) is 12.0 Å². The minimum atomic E-state index is 0.372. The second-order valence-corrected chi connectivity index (χ2v) is 3.59. The lowest BCUT2D eigenvalue weighted by Gasteiger charge is -2.01. The van der Waals surface area contributed by atoms with Gasteiger partial charge in [-0.2, -0.15) is 4.99 Å². The number of aryl methyl sites for hydroxylation is 1. The van der Waals surface area contributed by atoms with E-state index in [0.717, 1.165) is 5.69 Å². The van der Waals surface area contributed by atoms with Crippen LogP contribution in [0.4, 0.5) is 5.69 Å². The van der Waals surface area contributed by atoms with Crippen molar-refractivity contribution < 1.29 is 4.42 Å². The standard InChI is InChI=1S/C11H11N3OS/c1-14-7-8-15-11(14)13-10(16)12-9-5-3-2-4-6-9/h2-8H,1H3,(H,12,16)/b13-11+. The molecular formula is C11H11N3OS. The molecule has 4 nitrogen and oxygen atoms in total. The van der Waals surface area contributed by atoms with Crippen LogP contribution in [0.5, 0.6) is 0 Å².